The van der Waals surface area contributed by atoms with Crippen molar-refractivity contribution in [3.8, 4) is 0 Å². The third-order valence-electron chi connectivity index (χ3n) is 3.40. The zero-order valence-corrected chi connectivity index (χ0v) is 12.5. The third-order valence-corrected chi connectivity index (χ3v) is 3.40. The summed E-state index contributed by atoms with van der Waals surface area (Å²) in [5.41, 5.74) is 1.92. The molecule has 1 aromatic carbocycles. The molecule has 19 heavy (non-hydrogen) atoms. The van der Waals surface area contributed by atoms with E-state index in [0.29, 0.717) is 5.92 Å². The van der Waals surface area contributed by atoms with Gasteiger partial charge in [0.25, 0.3) is 0 Å². The lowest BCUT2D eigenvalue weighted by molar-refractivity contribution is -0.118. The minimum absolute atomic E-state index is 0.00109. The zero-order chi connectivity index (χ0) is 14.3. The van der Waals surface area contributed by atoms with E-state index in [1.54, 1.807) is 0 Å². The monoisotopic (exact) mass is 262 g/mol. The second-order valence-electron chi connectivity index (χ2n) is 5.29. The van der Waals surface area contributed by atoms with Crippen LogP contribution in [0.2, 0.25) is 0 Å². The van der Waals surface area contributed by atoms with Crippen LogP contribution in [-0.4, -0.2) is 12.5 Å². The Kier molecular flexibility index (Phi) is 6.40. The number of rotatable bonds is 7. The summed E-state index contributed by atoms with van der Waals surface area (Å²) in [4.78, 5) is 11.7. The average Bonchev–Trinajstić information content (AvgIpc) is 2.40. The summed E-state index contributed by atoms with van der Waals surface area (Å²) in [7, 11) is 0. The smallest absolute Gasteiger partial charge is 0.226 e. The van der Waals surface area contributed by atoms with Gasteiger partial charge in [-0.2, -0.15) is 0 Å². The van der Waals surface area contributed by atoms with Gasteiger partial charge in [-0.1, -0.05) is 46.6 Å². The van der Waals surface area contributed by atoms with Crippen molar-refractivity contribution in [2.24, 2.45) is 11.8 Å². The maximum Gasteiger partial charge on any atom is 0.226 e. The quantitative estimate of drug-likeness (QED) is 0.775. The van der Waals surface area contributed by atoms with Crippen molar-refractivity contribution in [3.63, 3.8) is 0 Å². The topological polar surface area (TPSA) is 41.1 Å². The lowest BCUT2D eigenvalue weighted by Gasteiger charge is -2.15. The second kappa shape index (κ2) is 7.82. The van der Waals surface area contributed by atoms with Crippen molar-refractivity contribution in [2.75, 3.05) is 17.2 Å². The molecule has 1 aromatic rings. The van der Waals surface area contributed by atoms with Crippen LogP contribution in [0.4, 0.5) is 11.4 Å². The molecule has 0 spiro atoms. The van der Waals surface area contributed by atoms with Crippen LogP contribution >= 0.6 is 0 Å². The molecule has 0 bridgehead atoms. The zero-order valence-electron chi connectivity index (χ0n) is 12.5. The highest BCUT2D eigenvalue weighted by molar-refractivity contribution is 5.92. The second-order valence-corrected chi connectivity index (χ2v) is 5.29. The Labute approximate surface area is 116 Å². The van der Waals surface area contributed by atoms with Crippen molar-refractivity contribution in [2.45, 2.75) is 40.5 Å². The van der Waals surface area contributed by atoms with Gasteiger partial charge in [0.1, 0.15) is 0 Å². The number of amides is 1. The Bertz CT molecular complexity index is 397. The first-order valence-electron chi connectivity index (χ1n) is 7.21. The minimum Gasteiger partial charge on any atom is -0.385 e. The summed E-state index contributed by atoms with van der Waals surface area (Å²) in [6, 6.07) is 7.91. The van der Waals surface area contributed by atoms with E-state index in [1.165, 1.54) is 12.8 Å². The van der Waals surface area contributed by atoms with Crippen LogP contribution < -0.4 is 10.6 Å². The molecule has 1 amide bonds. The van der Waals surface area contributed by atoms with Crippen LogP contribution in [0.25, 0.3) is 0 Å². The van der Waals surface area contributed by atoms with Crippen LogP contribution in [0.5, 0.6) is 0 Å². The van der Waals surface area contributed by atoms with Gasteiger partial charge in [-0.3, -0.25) is 4.79 Å². The number of nitrogens with one attached hydrogen (secondary N) is 2. The first-order valence-corrected chi connectivity index (χ1v) is 7.21. The van der Waals surface area contributed by atoms with Gasteiger partial charge in [0.15, 0.2) is 0 Å². The molecule has 106 valence electrons. The van der Waals surface area contributed by atoms with Gasteiger partial charge in [0.05, 0.1) is 0 Å². The van der Waals surface area contributed by atoms with E-state index in [-0.39, 0.29) is 11.8 Å². The average molecular weight is 262 g/mol. The fourth-order valence-electron chi connectivity index (χ4n) is 1.83. The highest BCUT2D eigenvalue weighted by Crippen LogP contribution is 2.17. The molecule has 0 saturated heterocycles. The van der Waals surface area contributed by atoms with Crippen LogP contribution in [0.15, 0.2) is 24.3 Å². The van der Waals surface area contributed by atoms with Gasteiger partial charge in [0, 0.05) is 23.8 Å². The first kappa shape index (κ1) is 15.5. The molecule has 2 N–H and O–H groups in total. The van der Waals surface area contributed by atoms with Crippen LogP contribution in [0, 0.1) is 11.8 Å². The molecule has 1 rings (SSSR count). The molecule has 0 aliphatic heterocycles. The van der Waals surface area contributed by atoms with Gasteiger partial charge < -0.3 is 10.6 Å². The Morgan fingerprint density at radius 1 is 1.16 bits per heavy atom. The lowest BCUT2D eigenvalue weighted by Crippen LogP contribution is -2.18. The fraction of sp³-hybridized carbons (Fsp3) is 0.562. The molecule has 0 aromatic heterocycles. The molecule has 0 saturated carbocycles. The van der Waals surface area contributed by atoms with E-state index < -0.39 is 0 Å². The molecule has 0 unspecified atom stereocenters. The van der Waals surface area contributed by atoms with Crippen LogP contribution in [-0.2, 0) is 4.79 Å². The third kappa shape index (κ3) is 5.33. The van der Waals surface area contributed by atoms with Crippen LogP contribution in [0.1, 0.15) is 40.5 Å². The Morgan fingerprint density at radius 3 is 2.37 bits per heavy atom. The highest BCUT2D eigenvalue weighted by Gasteiger charge is 2.07. The number of carbonyl (C=O) groups excluding carboxylic acids is 1. The van der Waals surface area contributed by atoms with Gasteiger partial charge in [0.2, 0.25) is 5.91 Å². The van der Waals surface area contributed by atoms with E-state index in [9.17, 15) is 4.79 Å². The maximum absolute atomic E-state index is 11.7. The van der Waals surface area contributed by atoms with E-state index in [1.807, 2.05) is 38.1 Å². The van der Waals surface area contributed by atoms with E-state index in [0.717, 1.165) is 17.9 Å². The van der Waals surface area contributed by atoms with Gasteiger partial charge in [-0.05, 0) is 24.1 Å². The normalized spacial score (nSPS) is 10.8. The van der Waals surface area contributed by atoms with Crippen LogP contribution in [0.3, 0.4) is 0 Å². The molecule has 0 atom stereocenters. The summed E-state index contributed by atoms with van der Waals surface area (Å²) in [5.74, 6) is 0.757. The molecule has 0 fully saturated rings. The van der Waals surface area contributed by atoms with Gasteiger partial charge >= 0.3 is 0 Å². The van der Waals surface area contributed by atoms with Gasteiger partial charge in [-0.25, -0.2) is 0 Å². The molecule has 0 heterocycles. The van der Waals surface area contributed by atoms with Crippen molar-refractivity contribution in [3.05, 3.63) is 24.3 Å². The summed E-state index contributed by atoms with van der Waals surface area (Å²) in [6.07, 6.45) is 2.38. The van der Waals surface area contributed by atoms with Crippen molar-refractivity contribution >= 4 is 17.3 Å². The molecule has 3 heteroatoms. The van der Waals surface area contributed by atoms with E-state index in [2.05, 4.69) is 24.5 Å². The number of hydrogen-bond acceptors (Lipinski definition) is 2. The van der Waals surface area contributed by atoms with E-state index in [4.69, 9.17) is 0 Å². The Balaban J connectivity index is 2.59. The number of benzene rings is 1. The summed E-state index contributed by atoms with van der Waals surface area (Å²) in [6.45, 7) is 9.20. The molecule has 0 radical (unpaired) electrons. The summed E-state index contributed by atoms with van der Waals surface area (Å²) >= 11 is 0. The Morgan fingerprint density at radius 2 is 1.79 bits per heavy atom. The minimum atomic E-state index is 0.00109. The first-order chi connectivity index (χ1) is 9.06. The standard InChI is InChI=1S/C16H26N2O/c1-5-13(6-2)11-17-14-8-7-9-15(10-14)18-16(19)12(3)4/h7-10,12-13,17H,5-6,11H2,1-4H3,(H,18,19). The largest absolute Gasteiger partial charge is 0.385 e. The molecule has 0 aliphatic rings. The highest BCUT2D eigenvalue weighted by atomic mass is 16.1. The number of carbonyl (C=O) groups is 1. The summed E-state index contributed by atoms with van der Waals surface area (Å²) in [5, 5.41) is 6.36. The molecule has 3 nitrogen and oxygen atoms in total. The van der Waals surface area contributed by atoms with Crippen molar-refractivity contribution in [1.29, 1.82) is 0 Å². The number of hydrogen-bond donors (Lipinski definition) is 2. The Hall–Kier alpha value is -1.51. The molecule has 0 aliphatic carbocycles. The predicted octanol–water partition coefficient (Wildman–Crippen LogP) is 4.13. The fourth-order valence-corrected chi connectivity index (χ4v) is 1.83. The van der Waals surface area contributed by atoms with E-state index >= 15 is 0 Å². The lowest BCUT2D eigenvalue weighted by atomic mass is 10.0. The maximum atomic E-state index is 11.7. The molecular weight excluding hydrogens is 236 g/mol. The number of anilines is 2. The van der Waals surface area contributed by atoms with Crippen molar-refractivity contribution < 1.29 is 4.79 Å². The van der Waals surface area contributed by atoms with Gasteiger partial charge in [-0.15, -0.1) is 0 Å². The summed E-state index contributed by atoms with van der Waals surface area (Å²) < 4.78 is 0. The molecular formula is C16H26N2O. The SMILES string of the molecule is CCC(CC)CNc1cccc(NC(=O)C(C)C)c1. The van der Waals surface area contributed by atoms with Crippen molar-refractivity contribution in [1.82, 2.24) is 0 Å². The predicted molar refractivity (Wildman–Crippen MR) is 82.5 cm³/mol.